The minimum Gasteiger partial charge on any atom is -0.497 e. The molecule has 3 rings (SSSR count). The third-order valence-electron chi connectivity index (χ3n) is 5.23. The Morgan fingerprint density at radius 3 is 2.40 bits per heavy atom. The summed E-state index contributed by atoms with van der Waals surface area (Å²) in [6, 6.07) is 15.7. The van der Waals surface area contributed by atoms with E-state index in [1.165, 1.54) is 48.2 Å². The predicted molar refractivity (Wildman–Crippen MR) is 104 cm³/mol. The minimum absolute atomic E-state index is 0.430. The van der Waals surface area contributed by atoms with Gasteiger partial charge in [-0.1, -0.05) is 35.9 Å². The zero-order valence-electron chi connectivity index (χ0n) is 15.7. The van der Waals surface area contributed by atoms with Crippen LogP contribution in [0.2, 0.25) is 0 Å². The number of likely N-dealkylation sites (tertiary alicyclic amines) is 1. The molecule has 0 spiro atoms. The number of aryl methyl sites for hydroxylation is 2. The fraction of sp³-hybridized carbons (Fsp3) is 0.455. The molecule has 0 bridgehead atoms. The molecule has 2 aromatic rings. The van der Waals surface area contributed by atoms with Crippen molar-refractivity contribution < 1.29 is 4.74 Å². The van der Waals surface area contributed by atoms with E-state index in [0.717, 1.165) is 18.8 Å². The van der Waals surface area contributed by atoms with Crippen LogP contribution >= 0.6 is 0 Å². The van der Waals surface area contributed by atoms with Gasteiger partial charge in [0, 0.05) is 19.1 Å². The van der Waals surface area contributed by atoms with Gasteiger partial charge in [0.05, 0.1) is 7.11 Å². The number of benzene rings is 2. The minimum atomic E-state index is 0.430. The van der Waals surface area contributed by atoms with Gasteiger partial charge >= 0.3 is 0 Å². The van der Waals surface area contributed by atoms with Gasteiger partial charge in [-0.15, -0.1) is 0 Å². The molecule has 1 heterocycles. The fourth-order valence-corrected chi connectivity index (χ4v) is 3.72. The number of methoxy groups -OCH3 is 1. The Labute approximate surface area is 152 Å². The highest BCUT2D eigenvalue weighted by atomic mass is 16.5. The summed E-state index contributed by atoms with van der Waals surface area (Å²) in [6.07, 6.45) is 2.62. The van der Waals surface area contributed by atoms with Crippen LogP contribution < -0.4 is 10.1 Å². The first-order valence-electron chi connectivity index (χ1n) is 9.32. The quantitative estimate of drug-likeness (QED) is 0.817. The number of rotatable bonds is 7. The Morgan fingerprint density at radius 2 is 1.76 bits per heavy atom. The van der Waals surface area contributed by atoms with Crippen molar-refractivity contribution in [3.05, 3.63) is 64.7 Å². The third kappa shape index (κ3) is 4.62. The summed E-state index contributed by atoms with van der Waals surface area (Å²) in [5.41, 5.74) is 5.46. The summed E-state index contributed by atoms with van der Waals surface area (Å²) in [7, 11) is 1.72. The molecule has 0 radical (unpaired) electrons. The van der Waals surface area contributed by atoms with Crippen LogP contribution in [0.3, 0.4) is 0 Å². The number of ether oxygens (including phenoxy) is 1. The maximum atomic E-state index is 5.31. The van der Waals surface area contributed by atoms with Crippen molar-refractivity contribution in [1.29, 1.82) is 0 Å². The second-order valence-corrected chi connectivity index (χ2v) is 7.09. The van der Waals surface area contributed by atoms with E-state index in [4.69, 9.17) is 4.74 Å². The van der Waals surface area contributed by atoms with E-state index in [-0.39, 0.29) is 0 Å². The summed E-state index contributed by atoms with van der Waals surface area (Å²) in [5, 5.41) is 3.69. The molecule has 2 aromatic carbocycles. The average Bonchev–Trinajstić information content (AvgIpc) is 3.15. The highest BCUT2D eigenvalue weighted by Crippen LogP contribution is 2.26. The Kier molecular flexibility index (Phi) is 6.11. The standard InChI is InChI=1S/C22H30N2O/c1-17-6-7-20(18(2)14-17)15-23-16-22(24-12-4-5-13-24)19-8-10-21(25-3)11-9-19/h6-11,14,22-23H,4-5,12-13,15-16H2,1-3H3. The van der Waals surface area contributed by atoms with Crippen LogP contribution in [0.5, 0.6) is 5.75 Å². The van der Waals surface area contributed by atoms with Crippen molar-refractivity contribution in [2.75, 3.05) is 26.7 Å². The topological polar surface area (TPSA) is 24.5 Å². The van der Waals surface area contributed by atoms with Crippen molar-refractivity contribution in [1.82, 2.24) is 10.2 Å². The van der Waals surface area contributed by atoms with Crippen molar-refractivity contribution in [2.24, 2.45) is 0 Å². The van der Waals surface area contributed by atoms with E-state index in [1.54, 1.807) is 7.11 Å². The van der Waals surface area contributed by atoms with Gasteiger partial charge in [0.2, 0.25) is 0 Å². The molecule has 0 saturated carbocycles. The molecule has 1 aliphatic rings. The Balaban J connectivity index is 1.67. The molecule has 25 heavy (non-hydrogen) atoms. The van der Waals surface area contributed by atoms with Gasteiger partial charge in [0.1, 0.15) is 5.75 Å². The molecule has 0 amide bonds. The molecular weight excluding hydrogens is 308 g/mol. The van der Waals surface area contributed by atoms with Gasteiger partial charge in [-0.3, -0.25) is 4.90 Å². The van der Waals surface area contributed by atoms with Crippen LogP contribution in [-0.2, 0) is 6.54 Å². The van der Waals surface area contributed by atoms with Crippen molar-refractivity contribution >= 4 is 0 Å². The second-order valence-electron chi connectivity index (χ2n) is 7.09. The van der Waals surface area contributed by atoms with Crippen LogP contribution in [0.4, 0.5) is 0 Å². The number of nitrogens with zero attached hydrogens (tertiary/aromatic N) is 1. The van der Waals surface area contributed by atoms with Crippen LogP contribution in [0.15, 0.2) is 42.5 Å². The van der Waals surface area contributed by atoms with Crippen LogP contribution in [0.25, 0.3) is 0 Å². The monoisotopic (exact) mass is 338 g/mol. The van der Waals surface area contributed by atoms with E-state index < -0.39 is 0 Å². The largest absolute Gasteiger partial charge is 0.497 e. The molecule has 1 fully saturated rings. The molecule has 3 heteroatoms. The zero-order chi connectivity index (χ0) is 17.6. The molecule has 1 atom stereocenters. The van der Waals surface area contributed by atoms with Crippen LogP contribution in [0, 0.1) is 13.8 Å². The second kappa shape index (κ2) is 8.50. The molecule has 1 unspecified atom stereocenters. The van der Waals surface area contributed by atoms with Crippen LogP contribution in [0.1, 0.15) is 41.1 Å². The summed E-state index contributed by atoms with van der Waals surface area (Å²) in [4.78, 5) is 2.61. The molecule has 1 N–H and O–H groups in total. The summed E-state index contributed by atoms with van der Waals surface area (Å²) in [5.74, 6) is 0.923. The third-order valence-corrected chi connectivity index (χ3v) is 5.23. The maximum Gasteiger partial charge on any atom is 0.118 e. The van der Waals surface area contributed by atoms with E-state index in [1.807, 2.05) is 0 Å². The van der Waals surface area contributed by atoms with Gasteiger partial charge in [0.15, 0.2) is 0 Å². The summed E-state index contributed by atoms with van der Waals surface area (Å²) in [6.45, 7) is 8.64. The normalized spacial score (nSPS) is 16.1. The molecular formula is C22H30N2O. The predicted octanol–water partition coefficient (Wildman–Crippen LogP) is 4.24. The van der Waals surface area contributed by atoms with Gasteiger partial charge in [-0.25, -0.2) is 0 Å². The number of nitrogens with one attached hydrogen (secondary N) is 1. The summed E-state index contributed by atoms with van der Waals surface area (Å²) >= 11 is 0. The molecule has 0 aromatic heterocycles. The Morgan fingerprint density at radius 1 is 1.04 bits per heavy atom. The highest BCUT2D eigenvalue weighted by molar-refractivity contribution is 5.31. The Bertz CT molecular complexity index is 675. The van der Waals surface area contributed by atoms with E-state index in [9.17, 15) is 0 Å². The van der Waals surface area contributed by atoms with Gasteiger partial charge in [0.25, 0.3) is 0 Å². The summed E-state index contributed by atoms with van der Waals surface area (Å²) < 4.78 is 5.31. The molecule has 1 aliphatic heterocycles. The molecule has 0 aliphatic carbocycles. The highest BCUT2D eigenvalue weighted by Gasteiger charge is 2.23. The van der Waals surface area contributed by atoms with Crippen molar-refractivity contribution in [2.45, 2.75) is 39.3 Å². The smallest absolute Gasteiger partial charge is 0.118 e. The van der Waals surface area contributed by atoms with Crippen LogP contribution in [-0.4, -0.2) is 31.6 Å². The fourth-order valence-electron chi connectivity index (χ4n) is 3.72. The lowest BCUT2D eigenvalue weighted by Crippen LogP contribution is -2.34. The van der Waals surface area contributed by atoms with Gasteiger partial charge in [-0.05, 0) is 68.6 Å². The number of hydrogen-bond donors (Lipinski definition) is 1. The molecule has 134 valence electrons. The molecule has 1 saturated heterocycles. The molecule has 3 nitrogen and oxygen atoms in total. The van der Waals surface area contributed by atoms with Gasteiger partial charge < -0.3 is 10.1 Å². The lowest BCUT2D eigenvalue weighted by Gasteiger charge is -2.28. The average molecular weight is 338 g/mol. The first-order valence-corrected chi connectivity index (χ1v) is 9.32. The SMILES string of the molecule is COc1ccc(C(CNCc2ccc(C)cc2C)N2CCCC2)cc1. The van der Waals surface area contributed by atoms with E-state index >= 15 is 0 Å². The van der Waals surface area contributed by atoms with E-state index in [0.29, 0.717) is 6.04 Å². The van der Waals surface area contributed by atoms with E-state index in [2.05, 4.69) is 66.5 Å². The number of hydrogen-bond acceptors (Lipinski definition) is 3. The Hall–Kier alpha value is -1.84. The lowest BCUT2D eigenvalue weighted by atomic mass is 10.0. The van der Waals surface area contributed by atoms with Crippen molar-refractivity contribution in [3.8, 4) is 5.75 Å². The zero-order valence-corrected chi connectivity index (χ0v) is 15.7. The first-order chi connectivity index (χ1) is 12.2. The lowest BCUT2D eigenvalue weighted by molar-refractivity contribution is 0.238. The van der Waals surface area contributed by atoms with Gasteiger partial charge in [-0.2, -0.15) is 0 Å². The van der Waals surface area contributed by atoms with Crippen molar-refractivity contribution in [3.63, 3.8) is 0 Å². The first kappa shape index (κ1) is 18.0. The maximum absolute atomic E-state index is 5.31.